The number of piperazine rings is 1. The fourth-order valence-corrected chi connectivity index (χ4v) is 7.10. The number of nitrogens with one attached hydrogen (secondary N) is 1. The summed E-state index contributed by atoms with van der Waals surface area (Å²) in [4.78, 5) is 17.0. The molecule has 4 heteroatoms. The molecule has 2 saturated heterocycles. The number of aryl methyl sites for hydroxylation is 1. The standard InChI is InChI=1S/C27H38N2O2/c1-18-7-5-9-21(13-18)29-12-11-28(16-20(29)3)17-23-22-14-24-19(2)8-6-10-27(24,4)15-25(22)31-26(23)30/h5,7,9,13-14,19-20,22-23,25H,6,8,10-12,15-17H2,1-4H3/p+1. The van der Waals surface area contributed by atoms with Crippen LogP contribution in [0.3, 0.4) is 0 Å². The van der Waals surface area contributed by atoms with Gasteiger partial charge in [-0.1, -0.05) is 44.1 Å². The number of anilines is 1. The molecule has 2 aliphatic carbocycles. The summed E-state index contributed by atoms with van der Waals surface area (Å²) >= 11 is 0. The summed E-state index contributed by atoms with van der Waals surface area (Å²) in [5, 5.41) is 0. The minimum absolute atomic E-state index is 0.0314. The minimum Gasteiger partial charge on any atom is -0.461 e. The van der Waals surface area contributed by atoms with Crippen LogP contribution in [0.2, 0.25) is 0 Å². The molecule has 0 bridgehead atoms. The van der Waals surface area contributed by atoms with Crippen LogP contribution in [-0.4, -0.2) is 44.3 Å². The predicted molar refractivity (Wildman–Crippen MR) is 124 cm³/mol. The molecule has 4 nitrogen and oxygen atoms in total. The highest BCUT2D eigenvalue weighted by Crippen LogP contribution is 2.53. The lowest BCUT2D eigenvalue weighted by Gasteiger charge is -2.46. The average Bonchev–Trinajstić information content (AvgIpc) is 3.00. The van der Waals surface area contributed by atoms with Gasteiger partial charge >= 0.3 is 5.97 Å². The maximum atomic E-state index is 12.9. The van der Waals surface area contributed by atoms with Gasteiger partial charge in [0.25, 0.3) is 0 Å². The number of quaternary nitrogens is 1. The van der Waals surface area contributed by atoms with Crippen molar-refractivity contribution in [1.82, 2.24) is 0 Å². The molecule has 0 radical (unpaired) electrons. The fourth-order valence-electron chi connectivity index (χ4n) is 7.10. The Morgan fingerprint density at radius 3 is 2.90 bits per heavy atom. The van der Waals surface area contributed by atoms with E-state index in [-0.39, 0.29) is 29.3 Å². The van der Waals surface area contributed by atoms with Gasteiger partial charge < -0.3 is 14.5 Å². The lowest BCUT2D eigenvalue weighted by molar-refractivity contribution is -0.905. The van der Waals surface area contributed by atoms with Gasteiger partial charge in [-0.25, -0.2) is 0 Å². The number of carbonyl (C=O) groups is 1. The molecule has 0 spiro atoms. The van der Waals surface area contributed by atoms with Gasteiger partial charge in [0.05, 0.1) is 32.2 Å². The van der Waals surface area contributed by atoms with Crippen LogP contribution in [0.1, 0.15) is 52.0 Å². The molecule has 7 atom stereocenters. The molecule has 31 heavy (non-hydrogen) atoms. The van der Waals surface area contributed by atoms with E-state index in [1.165, 1.54) is 30.5 Å². The lowest BCUT2D eigenvalue weighted by Crippen LogP contribution is -3.16. The quantitative estimate of drug-likeness (QED) is 0.598. The van der Waals surface area contributed by atoms with E-state index in [9.17, 15) is 4.79 Å². The Balaban J connectivity index is 1.29. The van der Waals surface area contributed by atoms with Gasteiger partial charge in [0, 0.05) is 11.6 Å². The van der Waals surface area contributed by atoms with Crippen LogP contribution in [0.4, 0.5) is 5.69 Å². The third-order valence-electron chi connectivity index (χ3n) is 8.75. The molecule has 2 heterocycles. The summed E-state index contributed by atoms with van der Waals surface area (Å²) in [6.45, 7) is 13.4. The molecule has 5 rings (SSSR count). The number of nitrogens with zero attached hydrogens (tertiary/aromatic N) is 1. The van der Waals surface area contributed by atoms with Crippen LogP contribution in [0.15, 0.2) is 35.9 Å². The smallest absolute Gasteiger partial charge is 0.315 e. The van der Waals surface area contributed by atoms with Crippen molar-refractivity contribution in [2.45, 2.75) is 65.5 Å². The van der Waals surface area contributed by atoms with Gasteiger partial charge in [-0.15, -0.1) is 0 Å². The summed E-state index contributed by atoms with van der Waals surface area (Å²) in [5.41, 5.74) is 4.51. The van der Waals surface area contributed by atoms with E-state index >= 15 is 0 Å². The van der Waals surface area contributed by atoms with E-state index in [0.717, 1.165) is 32.6 Å². The number of hydrogen-bond donors (Lipinski definition) is 1. The summed E-state index contributed by atoms with van der Waals surface area (Å²) < 4.78 is 5.99. The highest BCUT2D eigenvalue weighted by atomic mass is 16.6. The van der Waals surface area contributed by atoms with Gasteiger partial charge in [0.2, 0.25) is 0 Å². The summed E-state index contributed by atoms with van der Waals surface area (Å²) in [5.74, 6) is 1.03. The van der Waals surface area contributed by atoms with E-state index in [4.69, 9.17) is 4.74 Å². The number of benzene rings is 1. The largest absolute Gasteiger partial charge is 0.461 e. The van der Waals surface area contributed by atoms with E-state index in [2.05, 4.69) is 62.9 Å². The molecule has 1 aromatic rings. The van der Waals surface area contributed by atoms with E-state index in [0.29, 0.717) is 12.0 Å². The predicted octanol–water partition coefficient (Wildman–Crippen LogP) is 3.40. The van der Waals surface area contributed by atoms with E-state index in [1.807, 2.05) is 0 Å². The van der Waals surface area contributed by atoms with Crippen molar-refractivity contribution in [2.75, 3.05) is 31.1 Å². The molecule has 0 aromatic heterocycles. The van der Waals surface area contributed by atoms with Crippen molar-refractivity contribution in [3.05, 3.63) is 41.5 Å². The molecule has 7 unspecified atom stereocenters. The van der Waals surface area contributed by atoms with E-state index < -0.39 is 0 Å². The molecular weight excluding hydrogens is 384 g/mol. The highest BCUT2D eigenvalue weighted by molar-refractivity contribution is 5.76. The van der Waals surface area contributed by atoms with Crippen molar-refractivity contribution in [3.63, 3.8) is 0 Å². The number of hydrogen-bond acceptors (Lipinski definition) is 3. The SMILES string of the molecule is Cc1cccc(N2CC[NH+](CC3C(=O)OC4CC5(C)CCCC(C)C5=CC43)CC2C)c1. The highest BCUT2D eigenvalue weighted by Gasteiger charge is 2.53. The number of carbonyl (C=O) groups excluding carboxylic acids is 1. The Morgan fingerprint density at radius 1 is 1.29 bits per heavy atom. The number of esters is 1. The molecular formula is C27H39N2O2+. The van der Waals surface area contributed by atoms with Crippen molar-refractivity contribution in [1.29, 1.82) is 0 Å². The molecule has 3 fully saturated rings. The van der Waals surface area contributed by atoms with E-state index in [1.54, 1.807) is 10.5 Å². The second-order valence-electron chi connectivity index (χ2n) is 11.1. The molecule has 4 aliphatic rings. The molecule has 168 valence electrons. The third-order valence-corrected chi connectivity index (χ3v) is 8.75. The zero-order chi connectivity index (χ0) is 21.8. The first kappa shape index (κ1) is 21.1. The van der Waals surface area contributed by atoms with Gasteiger partial charge in [-0.3, -0.25) is 4.79 Å². The van der Waals surface area contributed by atoms with Gasteiger partial charge in [-0.05, 0) is 62.1 Å². The second kappa shape index (κ2) is 7.95. The fraction of sp³-hybridized carbons (Fsp3) is 0.667. The summed E-state index contributed by atoms with van der Waals surface area (Å²) in [6.07, 6.45) is 7.47. The number of allylic oxidation sites excluding steroid dienone is 1. The average molecular weight is 424 g/mol. The Morgan fingerprint density at radius 2 is 2.13 bits per heavy atom. The first-order chi connectivity index (χ1) is 14.8. The molecule has 1 aromatic carbocycles. The van der Waals surface area contributed by atoms with Crippen LogP contribution < -0.4 is 9.80 Å². The maximum absolute atomic E-state index is 12.9. The first-order valence-corrected chi connectivity index (χ1v) is 12.4. The Kier molecular flexibility index (Phi) is 5.40. The first-order valence-electron chi connectivity index (χ1n) is 12.4. The molecule has 2 aliphatic heterocycles. The van der Waals surface area contributed by atoms with Crippen LogP contribution in [0.5, 0.6) is 0 Å². The summed E-state index contributed by atoms with van der Waals surface area (Å²) in [7, 11) is 0. The topological polar surface area (TPSA) is 34.0 Å². The van der Waals surface area contributed by atoms with Gasteiger partial charge in [0.1, 0.15) is 12.0 Å². The number of rotatable bonds is 3. The number of ether oxygens (including phenoxy) is 1. The van der Waals surface area contributed by atoms with Crippen LogP contribution in [0, 0.1) is 30.1 Å². The number of fused-ring (bicyclic) bond motifs is 2. The third kappa shape index (κ3) is 3.82. The maximum Gasteiger partial charge on any atom is 0.315 e. The Hall–Kier alpha value is -1.81. The van der Waals surface area contributed by atoms with Gasteiger partial charge in [-0.2, -0.15) is 0 Å². The van der Waals surface area contributed by atoms with Crippen molar-refractivity contribution in [3.8, 4) is 0 Å². The zero-order valence-electron chi connectivity index (χ0n) is 19.7. The summed E-state index contributed by atoms with van der Waals surface area (Å²) in [6, 6.07) is 9.31. The second-order valence-corrected chi connectivity index (χ2v) is 11.1. The van der Waals surface area contributed by atoms with Crippen LogP contribution in [0.25, 0.3) is 0 Å². The van der Waals surface area contributed by atoms with Crippen molar-refractivity contribution < 1.29 is 14.4 Å². The molecule has 0 amide bonds. The normalized spacial score (nSPS) is 40.1. The Labute approximate surface area is 187 Å². The lowest BCUT2D eigenvalue weighted by atomic mass is 9.59. The minimum atomic E-state index is 0.0314. The molecule has 1 N–H and O–H groups in total. The van der Waals surface area contributed by atoms with Crippen molar-refractivity contribution in [2.24, 2.45) is 23.2 Å². The van der Waals surface area contributed by atoms with Crippen molar-refractivity contribution >= 4 is 11.7 Å². The zero-order valence-corrected chi connectivity index (χ0v) is 19.7. The van der Waals surface area contributed by atoms with Crippen LogP contribution in [-0.2, 0) is 9.53 Å². The Bertz CT molecular complexity index is 880. The monoisotopic (exact) mass is 423 g/mol. The van der Waals surface area contributed by atoms with Gasteiger partial charge in [0.15, 0.2) is 0 Å². The molecule has 1 saturated carbocycles. The van der Waals surface area contributed by atoms with Crippen LogP contribution >= 0.6 is 0 Å².